The third kappa shape index (κ3) is 2.52. The van der Waals surface area contributed by atoms with Crippen molar-refractivity contribution in [2.45, 2.75) is 18.4 Å². The number of carbonyl (C=O) groups excluding carboxylic acids is 1. The van der Waals surface area contributed by atoms with Crippen molar-refractivity contribution in [2.75, 3.05) is 14.2 Å². The fraction of sp³-hybridized carbons (Fsp3) is 0.278. The monoisotopic (exact) mass is 298 g/mol. The van der Waals surface area contributed by atoms with E-state index in [4.69, 9.17) is 14.2 Å². The van der Waals surface area contributed by atoms with Crippen LogP contribution in [-0.2, 0) is 19.9 Å². The van der Waals surface area contributed by atoms with Gasteiger partial charge in [0.15, 0.2) is 0 Å². The molecule has 0 spiro atoms. The van der Waals surface area contributed by atoms with Gasteiger partial charge < -0.3 is 14.2 Å². The van der Waals surface area contributed by atoms with Crippen LogP contribution in [-0.4, -0.2) is 20.2 Å². The second-order valence-corrected chi connectivity index (χ2v) is 5.33. The van der Waals surface area contributed by atoms with E-state index < -0.39 is 5.60 Å². The van der Waals surface area contributed by atoms with Gasteiger partial charge in [-0.3, -0.25) is 4.79 Å². The highest BCUT2D eigenvalue weighted by molar-refractivity contribution is 5.71. The van der Waals surface area contributed by atoms with Crippen molar-refractivity contribution in [1.82, 2.24) is 0 Å². The third-order valence-electron chi connectivity index (χ3n) is 4.02. The van der Waals surface area contributed by atoms with Crippen LogP contribution in [0.25, 0.3) is 0 Å². The lowest BCUT2D eigenvalue weighted by Crippen LogP contribution is -2.34. The topological polar surface area (TPSA) is 44.8 Å². The highest BCUT2D eigenvalue weighted by Crippen LogP contribution is 2.43. The molecule has 1 aliphatic carbocycles. The van der Waals surface area contributed by atoms with Crippen molar-refractivity contribution >= 4 is 5.97 Å². The van der Waals surface area contributed by atoms with Crippen molar-refractivity contribution in [1.29, 1.82) is 0 Å². The maximum atomic E-state index is 11.9. The number of rotatable bonds is 4. The molecule has 0 fully saturated rings. The zero-order valence-electron chi connectivity index (χ0n) is 12.7. The molecule has 3 rings (SSSR count). The average Bonchev–Trinajstić information content (AvgIpc) is 3.02. The molecule has 0 aromatic heterocycles. The molecule has 0 amide bonds. The molecule has 4 heteroatoms. The quantitative estimate of drug-likeness (QED) is 0.800. The largest absolute Gasteiger partial charge is 0.497 e. The molecule has 0 saturated carbocycles. The van der Waals surface area contributed by atoms with Gasteiger partial charge in [-0.05, 0) is 23.8 Å². The number of benzene rings is 1. The Labute approximate surface area is 129 Å². The molecule has 1 atom stereocenters. The lowest BCUT2D eigenvalue weighted by atomic mass is 9.84. The van der Waals surface area contributed by atoms with Crippen molar-refractivity contribution in [2.24, 2.45) is 0 Å². The molecule has 1 heterocycles. The number of hydrogen-bond donors (Lipinski definition) is 0. The number of hydrogen-bond acceptors (Lipinski definition) is 4. The van der Waals surface area contributed by atoms with Crippen LogP contribution in [0.4, 0.5) is 0 Å². The Morgan fingerprint density at radius 3 is 3.00 bits per heavy atom. The third-order valence-corrected chi connectivity index (χ3v) is 4.02. The van der Waals surface area contributed by atoms with Crippen molar-refractivity contribution < 1.29 is 19.0 Å². The van der Waals surface area contributed by atoms with Crippen molar-refractivity contribution in [3.63, 3.8) is 0 Å². The number of carbonyl (C=O) groups is 1. The zero-order chi connectivity index (χ0) is 15.6. The van der Waals surface area contributed by atoms with Gasteiger partial charge in [-0.15, -0.1) is 0 Å². The molecule has 0 N–H and O–H groups in total. The van der Waals surface area contributed by atoms with Crippen LogP contribution in [0.1, 0.15) is 18.4 Å². The smallest absolute Gasteiger partial charge is 0.309 e. The van der Waals surface area contributed by atoms with Crippen LogP contribution in [0, 0.1) is 0 Å². The summed E-state index contributed by atoms with van der Waals surface area (Å²) in [7, 11) is 3.01. The maximum Gasteiger partial charge on any atom is 0.309 e. The second-order valence-electron chi connectivity index (χ2n) is 5.33. The van der Waals surface area contributed by atoms with Gasteiger partial charge in [0.25, 0.3) is 0 Å². The molecule has 0 saturated heterocycles. The van der Waals surface area contributed by atoms with E-state index in [2.05, 4.69) is 6.08 Å². The first-order valence-electron chi connectivity index (χ1n) is 7.16. The minimum Gasteiger partial charge on any atom is -0.497 e. The first-order valence-corrected chi connectivity index (χ1v) is 7.16. The van der Waals surface area contributed by atoms with E-state index in [-0.39, 0.29) is 12.4 Å². The Balaban J connectivity index is 2.02. The lowest BCUT2D eigenvalue weighted by molar-refractivity contribution is -0.147. The summed E-state index contributed by atoms with van der Waals surface area (Å²) in [5.74, 6) is 1.22. The summed E-state index contributed by atoms with van der Waals surface area (Å²) in [4.78, 5) is 11.9. The summed E-state index contributed by atoms with van der Waals surface area (Å²) >= 11 is 0. The molecule has 114 valence electrons. The summed E-state index contributed by atoms with van der Waals surface area (Å²) in [6, 6.07) is 7.63. The predicted molar refractivity (Wildman–Crippen MR) is 82.3 cm³/mol. The maximum absolute atomic E-state index is 11.9. The van der Waals surface area contributed by atoms with E-state index in [0.29, 0.717) is 6.42 Å². The second kappa shape index (κ2) is 5.72. The highest BCUT2D eigenvalue weighted by Gasteiger charge is 2.40. The molecule has 22 heavy (non-hydrogen) atoms. The Hall–Kier alpha value is -2.49. The number of fused-ring (bicyclic) bond motifs is 1. The van der Waals surface area contributed by atoms with Gasteiger partial charge >= 0.3 is 5.97 Å². The average molecular weight is 298 g/mol. The van der Waals surface area contributed by atoms with Gasteiger partial charge in [-0.2, -0.15) is 0 Å². The molecule has 4 nitrogen and oxygen atoms in total. The molecule has 2 aliphatic rings. The van der Waals surface area contributed by atoms with E-state index in [1.165, 1.54) is 7.11 Å². The van der Waals surface area contributed by atoms with Crippen LogP contribution in [0.2, 0.25) is 0 Å². The van der Waals surface area contributed by atoms with E-state index >= 15 is 0 Å². The number of methoxy groups -OCH3 is 2. The van der Waals surface area contributed by atoms with E-state index in [9.17, 15) is 4.79 Å². The lowest BCUT2D eigenvalue weighted by Gasteiger charge is -2.37. The van der Waals surface area contributed by atoms with Gasteiger partial charge in [-0.1, -0.05) is 30.4 Å². The van der Waals surface area contributed by atoms with Gasteiger partial charge in [0.1, 0.15) is 17.1 Å². The first kappa shape index (κ1) is 14.4. The summed E-state index contributed by atoms with van der Waals surface area (Å²) in [6.07, 6.45) is 8.71. The normalized spacial score (nSPS) is 22.3. The Kier molecular flexibility index (Phi) is 3.75. The van der Waals surface area contributed by atoms with Crippen LogP contribution < -0.4 is 4.74 Å². The summed E-state index contributed by atoms with van der Waals surface area (Å²) in [5.41, 5.74) is 1.20. The molecule has 0 radical (unpaired) electrons. The fourth-order valence-electron chi connectivity index (χ4n) is 2.80. The molecule has 1 aromatic rings. The molecular formula is C18H18O4. The number of esters is 1. The fourth-order valence-corrected chi connectivity index (χ4v) is 2.80. The summed E-state index contributed by atoms with van der Waals surface area (Å²) < 4.78 is 16.4. The standard InChI is InChI=1S/C18H18O4/c1-20-15-7-4-6-14(11-15)18(12-17(19)21-2)10-9-13-5-3-8-16(13)22-18/h3-9,11H,10,12H2,1-2H3. The SMILES string of the molecule is COC(=O)CC1(c2cccc(OC)c2)CC=C2C=CC=C2O1. The Morgan fingerprint density at radius 1 is 1.36 bits per heavy atom. The Bertz CT molecular complexity index is 684. The van der Waals surface area contributed by atoms with Gasteiger partial charge in [0.05, 0.1) is 20.6 Å². The molecule has 1 unspecified atom stereocenters. The van der Waals surface area contributed by atoms with Gasteiger partial charge in [-0.25, -0.2) is 0 Å². The minimum absolute atomic E-state index is 0.151. The van der Waals surface area contributed by atoms with Gasteiger partial charge in [0.2, 0.25) is 0 Å². The highest BCUT2D eigenvalue weighted by atomic mass is 16.5. The summed E-state index contributed by atoms with van der Waals surface area (Å²) in [5, 5.41) is 0. The molecule has 0 bridgehead atoms. The molecule has 1 aromatic carbocycles. The van der Waals surface area contributed by atoms with Crippen LogP contribution in [0.5, 0.6) is 5.75 Å². The first-order chi connectivity index (χ1) is 10.7. The van der Waals surface area contributed by atoms with E-state index in [1.54, 1.807) is 7.11 Å². The van der Waals surface area contributed by atoms with Crippen molar-refractivity contribution in [3.05, 3.63) is 65.5 Å². The van der Waals surface area contributed by atoms with Crippen LogP contribution >= 0.6 is 0 Å². The van der Waals surface area contributed by atoms with Crippen LogP contribution in [0.3, 0.4) is 0 Å². The molecule has 1 aliphatic heterocycles. The number of ether oxygens (including phenoxy) is 3. The Morgan fingerprint density at radius 2 is 2.23 bits per heavy atom. The van der Waals surface area contributed by atoms with Gasteiger partial charge in [0, 0.05) is 12.0 Å². The summed E-state index contributed by atoms with van der Waals surface area (Å²) in [6.45, 7) is 0. The molecular weight excluding hydrogens is 280 g/mol. The number of allylic oxidation sites excluding steroid dienone is 3. The minimum atomic E-state index is -0.761. The van der Waals surface area contributed by atoms with E-state index in [1.807, 2.05) is 42.5 Å². The predicted octanol–water partition coefficient (Wildman–Crippen LogP) is 3.25. The zero-order valence-corrected chi connectivity index (χ0v) is 12.7. The van der Waals surface area contributed by atoms with E-state index in [0.717, 1.165) is 22.6 Å². The van der Waals surface area contributed by atoms with Crippen molar-refractivity contribution in [3.8, 4) is 5.75 Å². The van der Waals surface area contributed by atoms with Crippen LogP contribution in [0.15, 0.2) is 59.9 Å².